The summed E-state index contributed by atoms with van der Waals surface area (Å²) in [6, 6.07) is 5.94. The molecule has 1 heterocycles. The molecule has 0 aliphatic rings. The molecule has 0 aliphatic heterocycles. The molecule has 102 valence electrons. The minimum absolute atomic E-state index is 0.201. The maximum Gasteiger partial charge on any atom is 0.0801 e. The largest absolute Gasteiger partial charge is 0.312 e. The summed E-state index contributed by atoms with van der Waals surface area (Å²) in [5, 5.41) is 8.65. The summed E-state index contributed by atoms with van der Waals surface area (Å²) in [6.07, 6.45) is 1.73. The van der Waals surface area contributed by atoms with Gasteiger partial charge in [0.1, 0.15) is 0 Å². The van der Waals surface area contributed by atoms with E-state index in [1.54, 1.807) is 0 Å². The Hall–Kier alpha value is -0.680. The van der Waals surface area contributed by atoms with Crippen molar-refractivity contribution < 1.29 is 0 Å². The van der Waals surface area contributed by atoms with Crippen LogP contribution in [0.25, 0.3) is 0 Å². The van der Waals surface area contributed by atoms with E-state index >= 15 is 0 Å². The van der Waals surface area contributed by atoms with Gasteiger partial charge in [0, 0.05) is 6.04 Å². The van der Waals surface area contributed by atoms with Gasteiger partial charge in [-0.3, -0.25) is 0 Å². The van der Waals surface area contributed by atoms with Crippen LogP contribution >= 0.6 is 34.7 Å². The standard InChI is InChI=1S/C13H15Cl2N3S/c1-3-11-13(19-18-17-11)12(16-2)7-8-4-5-9(14)10(15)6-8/h4-6,12,16H,3,7H2,1-2H3. The van der Waals surface area contributed by atoms with Crippen molar-refractivity contribution >= 4 is 34.7 Å². The molecule has 0 bridgehead atoms. The maximum atomic E-state index is 6.05. The van der Waals surface area contributed by atoms with E-state index in [9.17, 15) is 0 Å². The van der Waals surface area contributed by atoms with E-state index in [1.807, 2.05) is 25.2 Å². The molecule has 1 aromatic carbocycles. The molecule has 0 amide bonds. The molecule has 1 atom stereocenters. The van der Waals surface area contributed by atoms with Gasteiger partial charge in [-0.1, -0.05) is 40.7 Å². The highest BCUT2D eigenvalue weighted by Gasteiger charge is 2.17. The fraction of sp³-hybridized carbons (Fsp3) is 0.385. The Bertz CT molecular complexity index is 557. The summed E-state index contributed by atoms with van der Waals surface area (Å²) < 4.78 is 4.04. The number of nitrogens with zero attached hydrogens (tertiary/aromatic N) is 2. The van der Waals surface area contributed by atoms with E-state index in [4.69, 9.17) is 23.2 Å². The molecule has 0 saturated heterocycles. The predicted molar refractivity (Wildman–Crippen MR) is 81.3 cm³/mol. The Balaban J connectivity index is 2.21. The summed E-state index contributed by atoms with van der Waals surface area (Å²) in [6.45, 7) is 2.09. The highest BCUT2D eigenvalue weighted by Crippen LogP contribution is 2.27. The van der Waals surface area contributed by atoms with Crippen LogP contribution in [0, 0.1) is 0 Å². The Morgan fingerprint density at radius 2 is 2.11 bits per heavy atom. The van der Waals surface area contributed by atoms with Crippen molar-refractivity contribution in [3.8, 4) is 0 Å². The third-order valence-corrected chi connectivity index (χ3v) is 4.63. The molecule has 19 heavy (non-hydrogen) atoms. The van der Waals surface area contributed by atoms with Gasteiger partial charge in [-0.2, -0.15) is 0 Å². The van der Waals surface area contributed by atoms with Crippen LogP contribution in [0.5, 0.6) is 0 Å². The molecule has 3 nitrogen and oxygen atoms in total. The molecule has 0 fully saturated rings. The summed E-state index contributed by atoms with van der Waals surface area (Å²) in [7, 11) is 1.95. The molecule has 1 unspecified atom stereocenters. The molecular weight excluding hydrogens is 301 g/mol. The normalized spacial score (nSPS) is 12.6. The van der Waals surface area contributed by atoms with E-state index in [1.165, 1.54) is 16.4 Å². The number of hydrogen-bond donors (Lipinski definition) is 1. The van der Waals surface area contributed by atoms with Crippen molar-refractivity contribution in [2.75, 3.05) is 7.05 Å². The molecule has 6 heteroatoms. The molecule has 0 aliphatic carbocycles. The molecule has 0 saturated carbocycles. The highest BCUT2D eigenvalue weighted by atomic mass is 35.5. The van der Waals surface area contributed by atoms with Gasteiger partial charge in [0.25, 0.3) is 0 Å². The summed E-state index contributed by atoms with van der Waals surface area (Å²) in [4.78, 5) is 1.19. The van der Waals surface area contributed by atoms with Gasteiger partial charge in [-0.25, -0.2) is 0 Å². The quantitative estimate of drug-likeness (QED) is 0.909. The van der Waals surface area contributed by atoms with E-state index in [2.05, 4.69) is 21.8 Å². The average molecular weight is 316 g/mol. The van der Waals surface area contributed by atoms with Crippen LogP contribution < -0.4 is 5.32 Å². The van der Waals surface area contributed by atoms with Gasteiger partial charge in [0.2, 0.25) is 0 Å². The number of aryl methyl sites for hydroxylation is 1. The first-order chi connectivity index (χ1) is 9.15. The predicted octanol–water partition coefficient (Wildman–Crippen LogP) is 3.91. The summed E-state index contributed by atoms with van der Waals surface area (Å²) in [5.74, 6) is 0. The summed E-state index contributed by atoms with van der Waals surface area (Å²) >= 11 is 13.4. The van der Waals surface area contributed by atoms with Gasteiger partial charge in [-0.15, -0.1) is 5.10 Å². The topological polar surface area (TPSA) is 37.8 Å². The van der Waals surface area contributed by atoms with E-state index < -0.39 is 0 Å². The number of likely N-dealkylation sites (N-methyl/N-ethyl adjacent to an activating group) is 1. The lowest BCUT2D eigenvalue weighted by Crippen LogP contribution is -2.19. The van der Waals surface area contributed by atoms with Crippen molar-refractivity contribution in [1.29, 1.82) is 0 Å². The van der Waals surface area contributed by atoms with Crippen LogP contribution in [-0.4, -0.2) is 16.6 Å². The number of benzene rings is 1. The Labute approximate surface area is 127 Å². The first-order valence-corrected chi connectivity index (χ1v) is 7.61. The average Bonchev–Trinajstić information content (AvgIpc) is 2.88. The van der Waals surface area contributed by atoms with E-state index in [-0.39, 0.29) is 6.04 Å². The minimum atomic E-state index is 0.201. The Morgan fingerprint density at radius 1 is 1.32 bits per heavy atom. The second kappa shape index (κ2) is 6.66. The fourth-order valence-electron chi connectivity index (χ4n) is 1.95. The van der Waals surface area contributed by atoms with Crippen molar-refractivity contribution in [2.45, 2.75) is 25.8 Å². The van der Waals surface area contributed by atoms with E-state index in [0.29, 0.717) is 10.0 Å². The lowest BCUT2D eigenvalue weighted by atomic mass is 10.0. The Kier molecular flexibility index (Phi) is 5.16. The fourth-order valence-corrected chi connectivity index (χ4v) is 3.12. The van der Waals surface area contributed by atoms with Crippen LogP contribution in [0.15, 0.2) is 18.2 Å². The van der Waals surface area contributed by atoms with Gasteiger partial charge in [0.05, 0.1) is 20.6 Å². The highest BCUT2D eigenvalue weighted by molar-refractivity contribution is 7.05. The minimum Gasteiger partial charge on any atom is -0.312 e. The van der Waals surface area contributed by atoms with E-state index in [0.717, 1.165) is 24.1 Å². The monoisotopic (exact) mass is 315 g/mol. The van der Waals surface area contributed by atoms with Crippen molar-refractivity contribution in [3.05, 3.63) is 44.4 Å². The number of nitrogens with one attached hydrogen (secondary N) is 1. The lowest BCUT2D eigenvalue weighted by Gasteiger charge is -2.15. The molecule has 1 N–H and O–H groups in total. The molecular formula is C13H15Cl2N3S. The molecule has 0 spiro atoms. The van der Waals surface area contributed by atoms with Crippen molar-refractivity contribution in [3.63, 3.8) is 0 Å². The second-order valence-corrected chi connectivity index (χ2v) is 5.83. The maximum absolute atomic E-state index is 6.05. The number of hydrogen-bond acceptors (Lipinski definition) is 4. The second-order valence-electron chi connectivity index (χ2n) is 4.23. The van der Waals surface area contributed by atoms with Gasteiger partial charge < -0.3 is 5.32 Å². The number of halogens is 2. The third-order valence-electron chi connectivity index (χ3n) is 3.01. The van der Waals surface area contributed by atoms with Crippen LogP contribution in [0.4, 0.5) is 0 Å². The molecule has 2 rings (SSSR count). The summed E-state index contributed by atoms with van der Waals surface area (Å²) in [5.41, 5.74) is 2.20. The van der Waals surface area contributed by atoms with Crippen LogP contribution in [0.3, 0.4) is 0 Å². The van der Waals surface area contributed by atoms with Crippen molar-refractivity contribution in [2.24, 2.45) is 0 Å². The Morgan fingerprint density at radius 3 is 2.74 bits per heavy atom. The van der Waals surface area contributed by atoms with Gasteiger partial charge in [0.15, 0.2) is 0 Å². The first-order valence-electron chi connectivity index (χ1n) is 6.08. The zero-order chi connectivity index (χ0) is 13.8. The van der Waals surface area contributed by atoms with Crippen molar-refractivity contribution in [1.82, 2.24) is 14.9 Å². The smallest absolute Gasteiger partial charge is 0.0801 e. The van der Waals surface area contributed by atoms with Crippen LogP contribution in [-0.2, 0) is 12.8 Å². The molecule has 2 aromatic rings. The number of rotatable bonds is 5. The zero-order valence-electron chi connectivity index (χ0n) is 10.8. The van der Waals surface area contributed by atoms with Gasteiger partial charge >= 0.3 is 0 Å². The van der Waals surface area contributed by atoms with Crippen LogP contribution in [0.1, 0.15) is 29.1 Å². The van der Waals surface area contributed by atoms with Gasteiger partial charge in [-0.05, 0) is 49.1 Å². The van der Waals surface area contributed by atoms with Crippen LogP contribution in [0.2, 0.25) is 10.0 Å². The molecule has 1 aromatic heterocycles. The SMILES string of the molecule is CCc1nnsc1C(Cc1ccc(Cl)c(Cl)c1)NC. The zero-order valence-corrected chi connectivity index (χ0v) is 13.1. The first kappa shape index (κ1) is 14.7. The lowest BCUT2D eigenvalue weighted by molar-refractivity contribution is 0.595. The molecule has 0 radical (unpaired) electrons. The number of aromatic nitrogens is 2. The third kappa shape index (κ3) is 3.45.